The average molecular weight is 322 g/mol. The topological polar surface area (TPSA) is 55.1 Å². The quantitative estimate of drug-likeness (QED) is 0.799. The fourth-order valence-electron chi connectivity index (χ4n) is 3.58. The Morgan fingerprint density at radius 2 is 2.09 bits per heavy atom. The minimum absolute atomic E-state index is 0.0453. The molecule has 0 bridgehead atoms. The van der Waals surface area contributed by atoms with Crippen molar-refractivity contribution in [3.05, 3.63) is 23.7 Å². The lowest BCUT2D eigenvalue weighted by Gasteiger charge is -2.27. The highest BCUT2D eigenvalue weighted by atomic mass is 16.5. The highest BCUT2D eigenvalue weighted by Gasteiger charge is 2.37. The summed E-state index contributed by atoms with van der Waals surface area (Å²) in [4.78, 5) is 17.2. The number of ether oxygens (including phenoxy) is 2. The third-order valence-corrected chi connectivity index (χ3v) is 4.80. The van der Waals surface area contributed by atoms with Crippen LogP contribution in [0.4, 0.5) is 0 Å². The third-order valence-electron chi connectivity index (χ3n) is 4.80. The Bertz CT molecular complexity index is 524. The largest absolute Gasteiger partial charge is 0.453 e. The van der Waals surface area contributed by atoms with Crippen molar-refractivity contribution in [2.45, 2.75) is 38.0 Å². The summed E-state index contributed by atoms with van der Waals surface area (Å²) in [5.41, 5.74) is 0. The Hall–Kier alpha value is -1.37. The van der Waals surface area contributed by atoms with Crippen LogP contribution < -0.4 is 0 Å². The number of nitrogens with zero attached hydrogens (tertiary/aromatic N) is 2. The molecular formula is C17H26N2O4. The van der Waals surface area contributed by atoms with Gasteiger partial charge in [-0.1, -0.05) is 0 Å². The number of furan rings is 1. The third kappa shape index (κ3) is 3.76. The lowest BCUT2D eigenvalue weighted by Crippen LogP contribution is -2.42. The van der Waals surface area contributed by atoms with Gasteiger partial charge in [0.2, 0.25) is 0 Å². The van der Waals surface area contributed by atoms with E-state index in [1.54, 1.807) is 26.4 Å². The molecule has 2 atom stereocenters. The van der Waals surface area contributed by atoms with Gasteiger partial charge in [-0.15, -0.1) is 0 Å². The molecule has 0 aliphatic carbocycles. The number of carbonyl (C=O) groups excluding carboxylic acids is 1. The molecule has 1 aromatic rings. The van der Waals surface area contributed by atoms with Crippen LogP contribution >= 0.6 is 0 Å². The molecule has 2 aliphatic heterocycles. The molecule has 0 N–H and O–H groups in total. The van der Waals surface area contributed by atoms with E-state index >= 15 is 0 Å². The van der Waals surface area contributed by atoms with Gasteiger partial charge in [0.25, 0.3) is 5.91 Å². The molecule has 2 aliphatic rings. The minimum atomic E-state index is -0.0453. The van der Waals surface area contributed by atoms with Crippen molar-refractivity contribution in [2.24, 2.45) is 0 Å². The number of carbonyl (C=O) groups is 1. The van der Waals surface area contributed by atoms with Crippen LogP contribution in [0.2, 0.25) is 0 Å². The molecule has 1 aromatic heterocycles. The second-order valence-electron chi connectivity index (χ2n) is 6.41. The fourth-order valence-corrected chi connectivity index (χ4v) is 3.58. The lowest BCUT2D eigenvalue weighted by molar-refractivity contribution is 0.0633. The van der Waals surface area contributed by atoms with E-state index < -0.39 is 0 Å². The molecule has 128 valence electrons. The van der Waals surface area contributed by atoms with Gasteiger partial charge in [-0.05, 0) is 44.5 Å². The number of hydrogen-bond acceptors (Lipinski definition) is 5. The van der Waals surface area contributed by atoms with Crippen LogP contribution in [-0.4, -0.2) is 68.3 Å². The van der Waals surface area contributed by atoms with Crippen LogP contribution in [0.5, 0.6) is 0 Å². The predicted molar refractivity (Wildman–Crippen MR) is 85.3 cm³/mol. The maximum atomic E-state index is 12.8. The first-order chi connectivity index (χ1) is 11.2. The molecule has 0 saturated carbocycles. The number of rotatable bonds is 6. The van der Waals surface area contributed by atoms with E-state index in [1.807, 2.05) is 4.90 Å². The Morgan fingerprint density at radius 3 is 2.78 bits per heavy atom. The van der Waals surface area contributed by atoms with Gasteiger partial charge in [-0.25, -0.2) is 0 Å². The maximum Gasteiger partial charge on any atom is 0.289 e. The Labute approximate surface area is 137 Å². The Kier molecular flexibility index (Phi) is 5.35. The van der Waals surface area contributed by atoms with Crippen LogP contribution in [-0.2, 0) is 16.1 Å². The smallest absolute Gasteiger partial charge is 0.289 e. The van der Waals surface area contributed by atoms with Crippen LogP contribution in [0.25, 0.3) is 0 Å². The summed E-state index contributed by atoms with van der Waals surface area (Å²) in [6, 6.07) is 3.74. The van der Waals surface area contributed by atoms with E-state index in [0.29, 0.717) is 24.7 Å². The zero-order valence-corrected chi connectivity index (χ0v) is 14.0. The highest BCUT2D eigenvalue weighted by Crippen LogP contribution is 2.25. The van der Waals surface area contributed by atoms with E-state index in [2.05, 4.69) is 4.90 Å². The van der Waals surface area contributed by atoms with Crippen LogP contribution in [0.1, 0.15) is 35.6 Å². The number of likely N-dealkylation sites (tertiary alicyclic amines) is 2. The SMILES string of the molecule is COCc1ccc(C(=O)N2C[C@@H](OC)C[C@H]2CN2CCCC2)o1. The minimum Gasteiger partial charge on any atom is -0.453 e. The van der Waals surface area contributed by atoms with E-state index in [1.165, 1.54) is 12.8 Å². The maximum absolute atomic E-state index is 12.8. The molecule has 3 rings (SSSR count). The van der Waals surface area contributed by atoms with Crippen molar-refractivity contribution in [3.63, 3.8) is 0 Å². The van der Waals surface area contributed by atoms with Crippen LogP contribution in [0.15, 0.2) is 16.5 Å². The van der Waals surface area contributed by atoms with Crippen LogP contribution in [0.3, 0.4) is 0 Å². The van der Waals surface area contributed by atoms with Gasteiger partial charge in [0.1, 0.15) is 12.4 Å². The Morgan fingerprint density at radius 1 is 1.30 bits per heavy atom. The van der Waals surface area contributed by atoms with Gasteiger partial charge in [-0.3, -0.25) is 4.79 Å². The normalized spacial score (nSPS) is 25.4. The van der Waals surface area contributed by atoms with Crippen molar-refractivity contribution in [1.29, 1.82) is 0 Å². The van der Waals surface area contributed by atoms with Gasteiger partial charge in [0.15, 0.2) is 5.76 Å². The van der Waals surface area contributed by atoms with Gasteiger partial charge in [-0.2, -0.15) is 0 Å². The van der Waals surface area contributed by atoms with Crippen molar-refractivity contribution >= 4 is 5.91 Å². The van der Waals surface area contributed by atoms with Crippen molar-refractivity contribution in [3.8, 4) is 0 Å². The molecule has 23 heavy (non-hydrogen) atoms. The van der Waals surface area contributed by atoms with Gasteiger partial charge < -0.3 is 23.7 Å². The molecule has 0 aromatic carbocycles. The second kappa shape index (κ2) is 7.47. The monoisotopic (exact) mass is 322 g/mol. The molecule has 6 nitrogen and oxygen atoms in total. The number of methoxy groups -OCH3 is 2. The summed E-state index contributed by atoms with van der Waals surface area (Å²) in [5, 5.41) is 0. The van der Waals surface area contributed by atoms with Crippen molar-refractivity contribution in [1.82, 2.24) is 9.80 Å². The zero-order chi connectivity index (χ0) is 16.2. The summed E-state index contributed by atoms with van der Waals surface area (Å²) in [6.07, 6.45) is 3.52. The molecule has 3 heterocycles. The summed E-state index contributed by atoms with van der Waals surface area (Å²) < 4.78 is 16.2. The molecule has 1 amide bonds. The van der Waals surface area contributed by atoms with E-state index in [9.17, 15) is 4.79 Å². The molecule has 0 radical (unpaired) electrons. The van der Waals surface area contributed by atoms with E-state index in [-0.39, 0.29) is 18.1 Å². The second-order valence-corrected chi connectivity index (χ2v) is 6.41. The van der Waals surface area contributed by atoms with Gasteiger partial charge >= 0.3 is 0 Å². The Balaban J connectivity index is 1.69. The molecule has 0 unspecified atom stereocenters. The molecular weight excluding hydrogens is 296 g/mol. The summed E-state index contributed by atoms with van der Waals surface area (Å²) in [6.45, 7) is 4.21. The predicted octanol–water partition coefficient (Wildman–Crippen LogP) is 1.75. The summed E-state index contributed by atoms with van der Waals surface area (Å²) in [5.74, 6) is 1.02. The molecule has 2 saturated heterocycles. The van der Waals surface area contributed by atoms with E-state index in [4.69, 9.17) is 13.9 Å². The van der Waals surface area contributed by atoms with Gasteiger partial charge in [0, 0.05) is 33.4 Å². The van der Waals surface area contributed by atoms with Crippen molar-refractivity contribution < 1.29 is 18.7 Å². The first-order valence-electron chi connectivity index (χ1n) is 8.35. The molecule has 6 heteroatoms. The zero-order valence-electron chi connectivity index (χ0n) is 14.0. The average Bonchev–Trinajstić information content (AvgIpc) is 3.28. The fraction of sp³-hybridized carbons (Fsp3) is 0.706. The summed E-state index contributed by atoms with van der Waals surface area (Å²) >= 11 is 0. The van der Waals surface area contributed by atoms with E-state index in [0.717, 1.165) is 26.1 Å². The van der Waals surface area contributed by atoms with Crippen LogP contribution in [0, 0.1) is 0 Å². The summed E-state index contributed by atoms with van der Waals surface area (Å²) in [7, 11) is 3.33. The highest BCUT2D eigenvalue weighted by molar-refractivity contribution is 5.92. The lowest BCUT2D eigenvalue weighted by atomic mass is 10.2. The number of amides is 1. The number of hydrogen-bond donors (Lipinski definition) is 0. The molecule has 2 fully saturated rings. The van der Waals surface area contributed by atoms with Crippen molar-refractivity contribution in [2.75, 3.05) is 40.4 Å². The standard InChI is InChI=1S/C17H26N2O4/c1-21-12-14-5-6-16(23-14)17(20)19-11-15(22-2)9-13(19)10-18-7-3-4-8-18/h5-6,13,15H,3-4,7-12H2,1-2H3/t13-,15-/m0/s1. The first kappa shape index (κ1) is 16.5. The first-order valence-corrected chi connectivity index (χ1v) is 8.35. The molecule has 0 spiro atoms. The van der Waals surface area contributed by atoms with Gasteiger partial charge in [0.05, 0.1) is 6.10 Å².